The Bertz CT molecular complexity index is 622. The Labute approximate surface area is 146 Å². The lowest BCUT2D eigenvalue weighted by Crippen LogP contribution is -2.51. The molecule has 1 aromatic rings. The second-order valence-corrected chi connectivity index (χ2v) is 8.24. The van der Waals surface area contributed by atoms with Crippen molar-refractivity contribution in [3.63, 3.8) is 0 Å². The number of ketones is 1. The van der Waals surface area contributed by atoms with Gasteiger partial charge in [-0.25, -0.2) is 0 Å². The number of aliphatic hydroxyl groups is 1. The molecule has 0 heterocycles. The van der Waals surface area contributed by atoms with Crippen LogP contribution in [0, 0.1) is 20.8 Å². The smallest absolute Gasteiger partial charge is 0.161 e. The van der Waals surface area contributed by atoms with Gasteiger partial charge in [0.1, 0.15) is 0 Å². The van der Waals surface area contributed by atoms with Crippen LogP contribution < -0.4 is 0 Å². The number of hydrogen-bond acceptors (Lipinski definition) is 2. The highest BCUT2D eigenvalue weighted by Crippen LogP contribution is 2.53. The number of benzene rings is 1. The van der Waals surface area contributed by atoms with E-state index in [1.54, 1.807) is 0 Å². The summed E-state index contributed by atoms with van der Waals surface area (Å²) in [7, 11) is 0. The lowest BCUT2D eigenvalue weighted by molar-refractivity contribution is -0.133. The largest absolute Gasteiger partial charge is 0.393 e. The van der Waals surface area contributed by atoms with Gasteiger partial charge in [0.15, 0.2) is 5.78 Å². The van der Waals surface area contributed by atoms with Gasteiger partial charge >= 0.3 is 0 Å². The first-order valence-electron chi connectivity index (χ1n) is 8.11. The van der Waals surface area contributed by atoms with Crippen LogP contribution >= 0.6 is 22.6 Å². The van der Waals surface area contributed by atoms with Crippen LogP contribution in [0.1, 0.15) is 45.1 Å². The Hall–Kier alpha value is -0.680. The van der Waals surface area contributed by atoms with Crippen molar-refractivity contribution < 1.29 is 9.90 Å². The van der Waals surface area contributed by atoms with E-state index < -0.39 is 0 Å². The van der Waals surface area contributed by atoms with Gasteiger partial charge in [-0.3, -0.25) is 4.79 Å². The maximum Gasteiger partial charge on any atom is 0.161 e. The minimum absolute atomic E-state index is 0.0151. The van der Waals surface area contributed by atoms with Crippen LogP contribution in [0.3, 0.4) is 0 Å². The minimum Gasteiger partial charge on any atom is -0.393 e. The molecule has 0 saturated heterocycles. The van der Waals surface area contributed by atoms with Crippen molar-refractivity contribution in [3.8, 4) is 0 Å². The number of allylic oxidation sites excluding steroid dienone is 1. The molecular formula is C19H23IO2. The Morgan fingerprint density at radius 1 is 1.32 bits per heavy atom. The second-order valence-electron chi connectivity index (χ2n) is 7.08. The molecule has 22 heavy (non-hydrogen) atoms. The average molecular weight is 410 g/mol. The zero-order valence-electron chi connectivity index (χ0n) is 13.2. The van der Waals surface area contributed by atoms with Crippen LogP contribution in [-0.2, 0) is 4.79 Å². The van der Waals surface area contributed by atoms with E-state index in [-0.39, 0.29) is 23.2 Å². The number of fused-ring (bicyclic) bond motifs is 1. The maximum atomic E-state index is 12.8. The van der Waals surface area contributed by atoms with Crippen molar-refractivity contribution in [1.82, 2.24) is 0 Å². The Morgan fingerprint density at radius 2 is 2.05 bits per heavy atom. The third-order valence-electron chi connectivity index (χ3n) is 5.74. The summed E-state index contributed by atoms with van der Waals surface area (Å²) in [5.41, 5.74) is 1.83. The summed E-state index contributed by atoms with van der Waals surface area (Å²) in [6, 6.07) is 8.13. The number of rotatable bonds is 1. The van der Waals surface area contributed by atoms with Crippen molar-refractivity contribution >= 4 is 34.5 Å². The van der Waals surface area contributed by atoms with E-state index in [2.05, 4.69) is 41.6 Å². The fraction of sp³-hybridized carbons (Fsp3) is 0.526. The molecule has 3 rings (SSSR count). The molecule has 2 aliphatic rings. The lowest BCUT2D eigenvalue weighted by atomic mass is 9.54. The first kappa shape index (κ1) is 16.2. The van der Waals surface area contributed by atoms with Crippen molar-refractivity contribution in [2.45, 2.75) is 45.6 Å². The van der Waals surface area contributed by atoms with Gasteiger partial charge in [0.25, 0.3) is 0 Å². The molecule has 0 aliphatic heterocycles. The molecule has 0 aromatic heterocycles. The first-order chi connectivity index (χ1) is 10.4. The lowest BCUT2D eigenvalue weighted by Gasteiger charge is -2.51. The van der Waals surface area contributed by atoms with E-state index in [1.807, 2.05) is 25.1 Å². The van der Waals surface area contributed by atoms with Crippen LogP contribution in [0.25, 0.3) is 6.08 Å². The number of hydrogen-bond donors (Lipinski definition) is 1. The Kier molecular flexibility index (Phi) is 4.47. The third kappa shape index (κ3) is 2.67. The number of carbonyl (C=O) groups is 1. The molecule has 2 nitrogen and oxygen atoms in total. The van der Waals surface area contributed by atoms with E-state index in [0.29, 0.717) is 12.3 Å². The van der Waals surface area contributed by atoms with Crippen molar-refractivity contribution in [1.29, 1.82) is 0 Å². The molecule has 1 aromatic carbocycles. The summed E-state index contributed by atoms with van der Waals surface area (Å²) in [5, 5.41) is 10.6. The van der Waals surface area contributed by atoms with Gasteiger partial charge in [-0.05, 0) is 71.1 Å². The van der Waals surface area contributed by atoms with E-state index in [0.717, 1.165) is 34.0 Å². The highest BCUT2D eigenvalue weighted by molar-refractivity contribution is 14.1. The van der Waals surface area contributed by atoms with Crippen LogP contribution in [0.4, 0.5) is 0 Å². The van der Waals surface area contributed by atoms with Crippen molar-refractivity contribution in [2.75, 3.05) is 0 Å². The molecule has 4 atom stereocenters. The van der Waals surface area contributed by atoms with Gasteiger partial charge in [-0.2, -0.15) is 0 Å². The molecule has 2 unspecified atom stereocenters. The fourth-order valence-electron chi connectivity index (χ4n) is 4.38. The Morgan fingerprint density at radius 3 is 2.77 bits per heavy atom. The summed E-state index contributed by atoms with van der Waals surface area (Å²) >= 11 is 2.31. The summed E-state index contributed by atoms with van der Waals surface area (Å²) < 4.78 is 1.16. The average Bonchev–Trinajstić information content (AvgIpc) is 2.49. The minimum atomic E-state index is -0.292. The van der Waals surface area contributed by atoms with Gasteiger partial charge in [0.05, 0.1) is 6.10 Å². The monoisotopic (exact) mass is 410 g/mol. The number of aliphatic hydroxyl groups excluding tert-OH is 1. The summed E-state index contributed by atoms with van der Waals surface area (Å²) in [6.45, 7) is 4.22. The number of carbonyl (C=O) groups excluding carboxylic acids is 1. The summed E-state index contributed by atoms with van der Waals surface area (Å²) in [5.74, 6) is 0.605. The highest BCUT2D eigenvalue weighted by Gasteiger charge is 2.51. The number of halogens is 1. The standard InChI is InChI=1S/C19H23IO2/c1-12-15-7-5-9-17(21)19(15,2)11-14(18(12)22)10-13-6-3-4-8-16(13)20/h3-4,6,8,10,12,15,17,21H,5,7,9,11H2,1-2H3/t12?,15?,17-,19-/m0/s1. The number of Topliss-reactive ketones (excluding diaryl/α,β-unsaturated/α-hetero) is 1. The second kappa shape index (κ2) is 6.08. The van der Waals surface area contributed by atoms with Gasteiger partial charge in [-0.1, -0.05) is 38.5 Å². The summed E-state index contributed by atoms with van der Waals surface area (Å²) in [6.07, 6.45) is 5.42. The van der Waals surface area contributed by atoms with Gasteiger partial charge < -0.3 is 5.11 Å². The zero-order valence-corrected chi connectivity index (χ0v) is 15.3. The molecule has 0 amide bonds. The Balaban J connectivity index is 1.99. The molecule has 0 radical (unpaired) electrons. The molecule has 0 bridgehead atoms. The van der Waals surface area contributed by atoms with E-state index in [9.17, 15) is 9.90 Å². The zero-order chi connectivity index (χ0) is 15.9. The summed E-state index contributed by atoms with van der Waals surface area (Å²) in [4.78, 5) is 12.8. The quantitative estimate of drug-likeness (QED) is 0.549. The highest BCUT2D eigenvalue weighted by atomic mass is 127. The van der Waals surface area contributed by atoms with Crippen LogP contribution in [-0.4, -0.2) is 17.0 Å². The fourth-order valence-corrected chi connectivity index (χ4v) is 4.93. The normalized spacial score (nSPS) is 37.2. The van der Waals surface area contributed by atoms with Gasteiger partial charge in [0.2, 0.25) is 0 Å². The molecule has 2 saturated carbocycles. The van der Waals surface area contributed by atoms with E-state index in [4.69, 9.17) is 0 Å². The van der Waals surface area contributed by atoms with Crippen LogP contribution in [0.2, 0.25) is 0 Å². The third-order valence-corrected chi connectivity index (χ3v) is 6.72. The van der Waals surface area contributed by atoms with Crippen molar-refractivity contribution in [2.24, 2.45) is 17.3 Å². The molecule has 2 fully saturated rings. The molecular weight excluding hydrogens is 387 g/mol. The SMILES string of the molecule is CC1C(=O)C(=Cc2ccccc2I)C[C@@]2(C)C1CCC[C@@H]2O. The van der Waals surface area contributed by atoms with Crippen molar-refractivity contribution in [3.05, 3.63) is 39.0 Å². The van der Waals surface area contributed by atoms with Crippen LogP contribution in [0.15, 0.2) is 29.8 Å². The van der Waals surface area contributed by atoms with Gasteiger partial charge in [-0.15, -0.1) is 0 Å². The van der Waals surface area contributed by atoms with Gasteiger partial charge in [0, 0.05) is 14.9 Å². The van der Waals surface area contributed by atoms with Crippen LogP contribution in [0.5, 0.6) is 0 Å². The molecule has 3 heteroatoms. The predicted molar refractivity (Wildman–Crippen MR) is 97.4 cm³/mol. The van der Waals surface area contributed by atoms with E-state index >= 15 is 0 Å². The molecule has 2 aliphatic carbocycles. The first-order valence-corrected chi connectivity index (χ1v) is 9.19. The maximum absolute atomic E-state index is 12.8. The predicted octanol–water partition coefficient (Wildman–Crippen LogP) is 4.45. The van der Waals surface area contributed by atoms with E-state index in [1.165, 1.54) is 0 Å². The molecule has 0 spiro atoms. The topological polar surface area (TPSA) is 37.3 Å². The molecule has 118 valence electrons. The molecule has 1 N–H and O–H groups in total.